The summed E-state index contributed by atoms with van der Waals surface area (Å²) in [5, 5.41) is 0.747. The van der Waals surface area contributed by atoms with Crippen molar-refractivity contribution >= 4 is 52.5 Å². The Hall–Kier alpha value is -1.73. The van der Waals surface area contributed by atoms with Crippen molar-refractivity contribution in [2.75, 3.05) is 32.1 Å². The molecule has 2 aromatic carbocycles. The molecule has 160 valence electrons. The molecule has 5 nitrogen and oxygen atoms in total. The number of thioether (sulfide) groups is 1. The highest BCUT2D eigenvalue weighted by atomic mass is 35.5. The van der Waals surface area contributed by atoms with Gasteiger partial charge in [-0.2, -0.15) is 0 Å². The van der Waals surface area contributed by atoms with Gasteiger partial charge in [-0.05, 0) is 63.0 Å². The fourth-order valence-electron chi connectivity index (χ4n) is 3.36. The number of benzene rings is 2. The van der Waals surface area contributed by atoms with E-state index in [9.17, 15) is 9.59 Å². The van der Waals surface area contributed by atoms with Gasteiger partial charge in [0.2, 0.25) is 0 Å². The third-order valence-corrected chi connectivity index (χ3v) is 6.59. The highest BCUT2D eigenvalue weighted by Gasteiger charge is 2.40. The SMILES string of the molecule is CC(=O)OC1C(=O)N(CCCN(C)C)c2cc(Cl)ccc2SC1c1ccc(Cl)cc1. The zero-order valence-electron chi connectivity index (χ0n) is 17.1. The summed E-state index contributed by atoms with van der Waals surface area (Å²) in [5.41, 5.74) is 1.60. The molecular weight excluding hydrogens is 443 g/mol. The molecule has 2 unspecified atom stereocenters. The second-order valence-corrected chi connectivity index (χ2v) is 9.44. The Kier molecular flexibility index (Phi) is 7.69. The summed E-state index contributed by atoms with van der Waals surface area (Å²) in [5.74, 6) is -0.748. The van der Waals surface area contributed by atoms with Crippen molar-refractivity contribution in [3.8, 4) is 0 Å². The van der Waals surface area contributed by atoms with E-state index in [-0.39, 0.29) is 5.91 Å². The number of hydrogen-bond acceptors (Lipinski definition) is 5. The Labute approximate surface area is 191 Å². The first-order valence-corrected chi connectivity index (χ1v) is 11.2. The van der Waals surface area contributed by atoms with Crippen LogP contribution < -0.4 is 4.90 Å². The van der Waals surface area contributed by atoms with E-state index in [4.69, 9.17) is 27.9 Å². The number of fused-ring (bicyclic) bond motifs is 1. The highest BCUT2D eigenvalue weighted by Crippen LogP contribution is 2.47. The fourth-order valence-corrected chi connectivity index (χ4v) is 4.95. The van der Waals surface area contributed by atoms with Crippen LogP contribution in [0.25, 0.3) is 0 Å². The molecule has 0 N–H and O–H groups in total. The van der Waals surface area contributed by atoms with Crippen LogP contribution in [-0.4, -0.2) is 50.1 Å². The molecule has 2 atom stereocenters. The molecule has 1 amide bonds. The summed E-state index contributed by atoms with van der Waals surface area (Å²) in [6, 6.07) is 12.8. The summed E-state index contributed by atoms with van der Waals surface area (Å²) in [6.07, 6.45) is -0.187. The molecular formula is C22H24Cl2N2O3S. The largest absolute Gasteiger partial charge is 0.451 e. The van der Waals surface area contributed by atoms with E-state index < -0.39 is 17.3 Å². The minimum atomic E-state index is -0.959. The maximum Gasteiger partial charge on any atom is 0.303 e. The van der Waals surface area contributed by atoms with Crippen LogP contribution >= 0.6 is 35.0 Å². The smallest absolute Gasteiger partial charge is 0.303 e. The Bertz CT molecular complexity index is 921. The van der Waals surface area contributed by atoms with Gasteiger partial charge >= 0.3 is 5.97 Å². The minimum absolute atomic E-state index is 0.252. The molecule has 3 rings (SSSR count). The number of carbonyl (C=O) groups is 2. The molecule has 8 heteroatoms. The van der Waals surface area contributed by atoms with Crippen LogP contribution in [0.1, 0.15) is 24.2 Å². The highest BCUT2D eigenvalue weighted by molar-refractivity contribution is 7.99. The molecule has 0 aromatic heterocycles. The number of halogens is 2. The average molecular weight is 467 g/mol. The van der Waals surface area contributed by atoms with E-state index in [0.717, 1.165) is 29.1 Å². The molecule has 0 saturated carbocycles. The van der Waals surface area contributed by atoms with E-state index in [2.05, 4.69) is 4.90 Å². The predicted molar refractivity (Wildman–Crippen MR) is 123 cm³/mol. The van der Waals surface area contributed by atoms with Gasteiger partial charge in [-0.25, -0.2) is 0 Å². The Morgan fingerprint density at radius 3 is 2.43 bits per heavy atom. The maximum atomic E-state index is 13.6. The second-order valence-electron chi connectivity index (χ2n) is 7.38. The van der Waals surface area contributed by atoms with Crippen LogP contribution in [0.4, 0.5) is 5.69 Å². The fraction of sp³-hybridized carbons (Fsp3) is 0.364. The summed E-state index contributed by atoms with van der Waals surface area (Å²) >= 11 is 13.8. The third-order valence-electron chi connectivity index (χ3n) is 4.73. The summed E-state index contributed by atoms with van der Waals surface area (Å²) in [6.45, 7) is 2.64. The van der Waals surface area contributed by atoms with Gasteiger partial charge in [0, 0.05) is 28.4 Å². The van der Waals surface area contributed by atoms with Crippen molar-refractivity contribution < 1.29 is 14.3 Å². The number of rotatable bonds is 6. The van der Waals surface area contributed by atoms with Gasteiger partial charge in [-0.1, -0.05) is 35.3 Å². The molecule has 0 radical (unpaired) electrons. The molecule has 0 bridgehead atoms. The van der Waals surface area contributed by atoms with Crippen LogP contribution in [0.15, 0.2) is 47.4 Å². The first-order valence-electron chi connectivity index (χ1n) is 9.61. The molecule has 0 saturated heterocycles. The van der Waals surface area contributed by atoms with E-state index in [0.29, 0.717) is 16.6 Å². The van der Waals surface area contributed by atoms with Gasteiger partial charge < -0.3 is 14.5 Å². The zero-order chi connectivity index (χ0) is 21.8. The van der Waals surface area contributed by atoms with Crippen LogP contribution in [0.2, 0.25) is 10.0 Å². The normalized spacial score (nSPS) is 18.9. The van der Waals surface area contributed by atoms with Crippen molar-refractivity contribution in [1.82, 2.24) is 4.90 Å². The molecule has 30 heavy (non-hydrogen) atoms. The van der Waals surface area contributed by atoms with Gasteiger partial charge in [0.25, 0.3) is 5.91 Å². The van der Waals surface area contributed by atoms with Gasteiger partial charge in [-0.15, -0.1) is 11.8 Å². The minimum Gasteiger partial charge on any atom is -0.451 e. The van der Waals surface area contributed by atoms with E-state index in [1.165, 1.54) is 18.7 Å². The lowest BCUT2D eigenvalue weighted by molar-refractivity contribution is -0.152. The van der Waals surface area contributed by atoms with Crippen molar-refractivity contribution in [2.24, 2.45) is 0 Å². The van der Waals surface area contributed by atoms with Crippen molar-refractivity contribution in [3.63, 3.8) is 0 Å². The molecule has 1 aliphatic heterocycles. The molecule has 1 aliphatic rings. The number of carbonyl (C=O) groups excluding carboxylic acids is 2. The van der Waals surface area contributed by atoms with E-state index in [1.807, 2.05) is 32.3 Å². The number of nitrogens with zero attached hydrogens (tertiary/aromatic N) is 2. The maximum absolute atomic E-state index is 13.6. The van der Waals surface area contributed by atoms with Gasteiger partial charge in [-0.3, -0.25) is 9.59 Å². The molecule has 1 heterocycles. The van der Waals surface area contributed by atoms with E-state index in [1.54, 1.807) is 29.2 Å². The third kappa shape index (κ3) is 5.49. The van der Waals surface area contributed by atoms with Crippen LogP contribution in [0.3, 0.4) is 0 Å². The lowest BCUT2D eigenvalue weighted by Crippen LogP contribution is -2.43. The van der Waals surface area contributed by atoms with Crippen LogP contribution in [-0.2, 0) is 14.3 Å². The molecule has 0 fully saturated rings. The monoisotopic (exact) mass is 466 g/mol. The van der Waals surface area contributed by atoms with Crippen molar-refractivity contribution in [1.29, 1.82) is 0 Å². The van der Waals surface area contributed by atoms with E-state index >= 15 is 0 Å². The zero-order valence-corrected chi connectivity index (χ0v) is 19.4. The number of amides is 1. The number of ether oxygens (including phenoxy) is 1. The molecule has 0 aliphatic carbocycles. The summed E-state index contributed by atoms with van der Waals surface area (Å²) in [4.78, 5) is 30.2. The van der Waals surface area contributed by atoms with Crippen molar-refractivity contribution in [2.45, 2.75) is 29.6 Å². The summed E-state index contributed by atoms with van der Waals surface area (Å²) in [7, 11) is 3.98. The standard InChI is InChI=1S/C22H24Cl2N2O3S/c1-14(27)29-20-21(15-5-7-16(23)8-6-15)30-19-10-9-17(24)13-18(19)26(22(20)28)12-4-11-25(2)3/h5-10,13,20-21H,4,11-12H2,1-3H3. The Morgan fingerprint density at radius 1 is 1.13 bits per heavy atom. The topological polar surface area (TPSA) is 49.9 Å². The first kappa shape index (κ1) is 22.9. The van der Waals surface area contributed by atoms with Crippen LogP contribution in [0.5, 0.6) is 0 Å². The lowest BCUT2D eigenvalue weighted by Gasteiger charge is -2.28. The predicted octanol–water partition coefficient (Wildman–Crippen LogP) is 5.06. The average Bonchev–Trinajstić information content (AvgIpc) is 2.78. The van der Waals surface area contributed by atoms with Crippen molar-refractivity contribution in [3.05, 3.63) is 58.1 Å². The Morgan fingerprint density at radius 2 is 1.80 bits per heavy atom. The number of anilines is 1. The first-order chi connectivity index (χ1) is 14.3. The lowest BCUT2D eigenvalue weighted by atomic mass is 10.1. The Balaban J connectivity index is 2.06. The number of esters is 1. The quantitative estimate of drug-likeness (QED) is 0.556. The van der Waals surface area contributed by atoms with Crippen LogP contribution in [0, 0.1) is 0 Å². The van der Waals surface area contributed by atoms with Gasteiger partial charge in [0.15, 0.2) is 6.10 Å². The van der Waals surface area contributed by atoms with Gasteiger partial charge in [0.05, 0.1) is 10.9 Å². The second kappa shape index (κ2) is 10.1. The molecule has 2 aromatic rings. The number of hydrogen-bond donors (Lipinski definition) is 0. The van der Waals surface area contributed by atoms with Gasteiger partial charge in [0.1, 0.15) is 0 Å². The summed E-state index contributed by atoms with van der Waals surface area (Å²) < 4.78 is 5.57. The molecule has 0 spiro atoms.